The predicted octanol–water partition coefficient (Wildman–Crippen LogP) is 4.61. The van der Waals surface area contributed by atoms with Crippen LogP contribution in [0.2, 0.25) is 0 Å². The zero-order chi connectivity index (χ0) is 20.7. The molecule has 0 fully saturated rings. The largest absolute Gasteiger partial charge is 0.508 e. The first kappa shape index (κ1) is 21.1. The summed E-state index contributed by atoms with van der Waals surface area (Å²) >= 11 is 0. The number of phenolic OH excluding ortho intramolecular Hbond substituents is 1. The van der Waals surface area contributed by atoms with Crippen LogP contribution in [0.15, 0.2) is 58.8 Å². The Labute approximate surface area is 164 Å². The Balaban J connectivity index is 2.10. The lowest BCUT2D eigenvalue weighted by Crippen LogP contribution is -2.44. The molecule has 0 unspecified atom stereocenters. The van der Waals surface area contributed by atoms with Gasteiger partial charge >= 0.3 is 5.97 Å². The van der Waals surface area contributed by atoms with E-state index >= 15 is 0 Å². The maximum atomic E-state index is 12.5. The van der Waals surface area contributed by atoms with Crippen molar-refractivity contribution in [2.24, 2.45) is 10.2 Å². The summed E-state index contributed by atoms with van der Waals surface area (Å²) in [6.45, 7) is 7.33. The van der Waals surface area contributed by atoms with Crippen molar-refractivity contribution in [3.63, 3.8) is 0 Å². The van der Waals surface area contributed by atoms with Gasteiger partial charge in [-0.05, 0) is 64.1 Å². The smallest absolute Gasteiger partial charge is 0.340 e. The molecular formula is C21H25N3O4. The fourth-order valence-electron chi connectivity index (χ4n) is 2.82. The number of nitrogens with zero attached hydrogens (tertiary/aromatic N) is 3. The average molecular weight is 383 g/mol. The molecule has 0 aliphatic carbocycles. The number of ether oxygens (including phenoxy) is 1. The van der Waals surface area contributed by atoms with E-state index in [1.54, 1.807) is 41.3 Å². The standard InChI is InChI=1S/C21H25N3O4/c1-14(2)24(15(3)4)20(26)13-28-21(27)18-7-5-6-8-19(18)23-22-16-9-11-17(25)12-10-16/h5-12,14-15,25H,13H2,1-4H3. The van der Waals surface area contributed by atoms with Crippen molar-refractivity contribution in [2.45, 2.75) is 39.8 Å². The molecule has 7 nitrogen and oxygen atoms in total. The molecule has 2 rings (SSSR count). The maximum Gasteiger partial charge on any atom is 0.340 e. The Morgan fingerprint density at radius 2 is 1.57 bits per heavy atom. The van der Waals surface area contributed by atoms with E-state index in [0.29, 0.717) is 11.4 Å². The van der Waals surface area contributed by atoms with Crippen LogP contribution in [0.5, 0.6) is 5.75 Å². The fraction of sp³-hybridized carbons (Fsp3) is 0.333. The summed E-state index contributed by atoms with van der Waals surface area (Å²) in [6, 6.07) is 12.8. The molecule has 2 aromatic rings. The first-order valence-electron chi connectivity index (χ1n) is 9.07. The fourth-order valence-corrected chi connectivity index (χ4v) is 2.82. The van der Waals surface area contributed by atoms with Gasteiger partial charge in [0.05, 0.1) is 11.3 Å². The number of phenols is 1. The summed E-state index contributed by atoms with van der Waals surface area (Å²) in [5.74, 6) is -0.757. The number of amides is 1. The Morgan fingerprint density at radius 1 is 0.964 bits per heavy atom. The van der Waals surface area contributed by atoms with Crippen molar-refractivity contribution < 1.29 is 19.4 Å². The number of hydrogen-bond acceptors (Lipinski definition) is 6. The second-order valence-electron chi connectivity index (χ2n) is 6.80. The van der Waals surface area contributed by atoms with Crippen molar-refractivity contribution in [3.8, 4) is 5.75 Å². The van der Waals surface area contributed by atoms with Crippen LogP contribution in [0.4, 0.5) is 11.4 Å². The minimum atomic E-state index is -0.638. The number of carbonyl (C=O) groups excluding carboxylic acids is 2. The monoisotopic (exact) mass is 383 g/mol. The molecule has 0 saturated heterocycles. The Bertz CT molecular complexity index is 837. The van der Waals surface area contributed by atoms with Crippen LogP contribution in [0, 0.1) is 0 Å². The van der Waals surface area contributed by atoms with Crippen molar-refractivity contribution in [3.05, 3.63) is 54.1 Å². The Kier molecular flexibility index (Phi) is 7.26. The third-order valence-corrected chi connectivity index (χ3v) is 3.97. The number of rotatable bonds is 7. The third kappa shape index (κ3) is 5.64. The summed E-state index contributed by atoms with van der Waals surface area (Å²) in [4.78, 5) is 26.5. The molecule has 0 saturated carbocycles. The lowest BCUT2D eigenvalue weighted by Gasteiger charge is -2.30. The molecule has 0 bridgehead atoms. The maximum absolute atomic E-state index is 12.5. The van der Waals surface area contributed by atoms with Crippen LogP contribution in [-0.4, -0.2) is 40.6 Å². The van der Waals surface area contributed by atoms with Gasteiger partial charge in [-0.15, -0.1) is 5.11 Å². The van der Waals surface area contributed by atoms with Gasteiger partial charge < -0.3 is 14.7 Å². The summed E-state index contributed by atoms with van der Waals surface area (Å²) in [6.07, 6.45) is 0. The third-order valence-electron chi connectivity index (χ3n) is 3.97. The Hall–Kier alpha value is -3.22. The van der Waals surface area contributed by atoms with Gasteiger partial charge in [-0.25, -0.2) is 4.79 Å². The van der Waals surface area contributed by atoms with E-state index < -0.39 is 5.97 Å². The predicted molar refractivity (Wildman–Crippen MR) is 106 cm³/mol. The molecule has 28 heavy (non-hydrogen) atoms. The normalized spacial score (nSPS) is 11.2. The van der Waals surface area contributed by atoms with Gasteiger partial charge in [0.2, 0.25) is 0 Å². The first-order valence-corrected chi connectivity index (χ1v) is 9.07. The number of benzene rings is 2. The highest BCUT2D eigenvalue weighted by Gasteiger charge is 2.22. The van der Waals surface area contributed by atoms with E-state index in [2.05, 4.69) is 10.2 Å². The molecule has 0 atom stereocenters. The number of carbonyl (C=O) groups is 2. The minimum Gasteiger partial charge on any atom is -0.508 e. The van der Waals surface area contributed by atoms with E-state index in [4.69, 9.17) is 4.74 Å². The van der Waals surface area contributed by atoms with E-state index in [0.717, 1.165) is 0 Å². The van der Waals surface area contributed by atoms with Crippen molar-refractivity contribution in [2.75, 3.05) is 6.61 Å². The van der Waals surface area contributed by atoms with Gasteiger partial charge in [-0.1, -0.05) is 12.1 Å². The number of azo groups is 1. The molecule has 7 heteroatoms. The summed E-state index contributed by atoms with van der Waals surface area (Å²) in [5, 5.41) is 17.5. The van der Waals surface area contributed by atoms with E-state index in [1.807, 2.05) is 27.7 Å². The van der Waals surface area contributed by atoms with E-state index in [9.17, 15) is 14.7 Å². The second kappa shape index (κ2) is 9.64. The van der Waals surface area contributed by atoms with Gasteiger partial charge in [0.1, 0.15) is 11.4 Å². The number of esters is 1. The molecule has 0 aliphatic rings. The van der Waals surface area contributed by atoms with Gasteiger partial charge in [0, 0.05) is 12.1 Å². The van der Waals surface area contributed by atoms with E-state index in [-0.39, 0.29) is 35.9 Å². The van der Waals surface area contributed by atoms with Gasteiger partial charge in [-0.2, -0.15) is 5.11 Å². The lowest BCUT2D eigenvalue weighted by atomic mass is 10.2. The highest BCUT2D eigenvalue weighted by atomic mass is 16.5. The zero-order valence-electron chi connectivity index (χ0n) is 16.5. The molecule has 0 heterocycles. The first-order chi connectivity index (χ1) is 13.3. The highest BCUT2D eigenvalue weighted by molar-refractivity contribution is 5.96. The topological polar surface area (TPSA) is 91.6 Å². The van der Waals surface area contributed by atoms with Crippen molar-refractivity contribution in [1.82, 2.24) is 4.90 Å². The molecule has 0 aliphatic heterocycles. The SMILES string of the molecule is CC(C)N(C(=O)COC(=O)c1ccccc1N=Nc1ccc(O)cc1)C(C)C. The van der Waals surface area contributed by atoms with Gasteiger partial charge in [0.15, 0.2) is 6.61 Å². The van der Waals surface area contributed by atoms with Crippen LogP contribution in [0.1, 0.15) is 38.1 Å². The molecule has 1 amide bonds. The molecular weight excluding hydrogens is 358 g/mol. The Morgan fingerprint density at radius 3 is 2.18 bits per heavy atom. The van der Waals surface area contributed by atoms with Crippen LogP contribution < -0.4 is 0 Å². The van der Waals surface area contributed by atoms with Crippen molar-refractivity contribution >= 4 is 23.3 Å². The molecule has 148 valence electrons. The van der Waals surface area contributed by atoms with Gasteiger partial charge in [-0.3, -0.25) is 4.79 Å². The number of hydrogen-bond donors (Lipinski definition) is 1. The van der Waals surface area contributed by atoms with Crippen molar-refractivity contribution in [1.29, 1.82) is 0 Å². The zero-order valence-corrected chi connectivity index (χ0v) is 16.5. The molecule has 0 spiro atoms. The summed E-state index contributed by atoms with van der Waals surface area (Å²) in [7, 11) is 0. The van der Waals surface area contributed by atoms with Crippen LogP contribution in [-0.2, 0) is 9.53 Å². The number of aromatic hydroxyl groups is 1. The highest BCUT2D eigenvalue weighted by Crippen LogP contribution is 2.24. The molecule has 0 aromatic heterocycles. The lowest BCUT2D eigenvalue weighted by molar-refractivity contribution is -0.138. The van der Waals surface area contributed by atoms with Crippen LogP contribution in [0.3, 0.4) is 0 Å². The quantitative estimate of drug-likeness (QED) is 0.558. The average Bonchev–Trinajstić information content (AvgIpc) is 2.65. The second-order valence-corrected chi connectivity index (χ2v) is 6.80. The molecule has 2 aromatic carbocycles. The summed E-state index contributed by atoms with van der Waals surface area (Å²) < 4.78 is 5.21. The van der Waals surface area contributed by atoms with Gasteiger partial charge in [0.25, 0.3) is 5.91 Å². The minimum absolute atomic E-state index is 0.0117. The van der Waals surface area contributed by atoms with Crippen LogP contribution >= 0.6 is 0 Å². The molecule has 0 radical (unpaired) electrons. The van der Waals surface area contributed by atoms with Crippen LogP contribution in [0.25, 0.3) is 0 Å². The summed E-state index contributed by atoms with van der Waals surface area (Å²) in [5.41, 5.74) is 1.08. The molecule has 1 N–H and O–H groups in total. The van der Waals surface area contributed by atoms with E-state index in [1.165, 1.54) is 12.1 Å².